The Labute approximate surface area is 134 Å². The zero-order valence-corrected chi connectivity index (χ0v) is 13.5. The number of ketones is 1. The Morgan fingerprint density at radius 1 is 1.27 bits per heavy atom. The zero-order chi connectivity index (χ0) is 15.9. The first-order chi connectivity index (χ1) is 10.6. The molecule has 1 aromatic rings. The molecule has 5 nitrogen and oxygen atoms in total. The molecule has 0 N–H and O–H groups in total. The smallest absolute Gasteiger partial charge is 0.302 e. The first-order valence-corrected chi connectivity index (χ1v) is 8.10. The highest BCUT2D eigenvalue weighted by molar-refractivity contribution is 7.95. The molecular formula is C16H20O5S. The molecule has 1 fully saturated rings. The molecule has 1 saturated carbocycles. The predicted molar refractivity (Wildman–Crippen MR) is 83.1 cm³/mol. The lowest BCUT2D eigenvalue weighted by atomic mass is 9.99. The molecule has 0 unspecified atom stereocenters. The van der Waals surface area contributed by atoms with Gasteiger partial charge in [0.05, 0.1) is 0 Å². The van der Waals surface area contributed by atoms with Crippen LogP contribution in [0.25, 0.3) is 0 Å². The SMILES string of the molecule is CC(=O)O[C@H]1CCC(=O)C[C@@H](SOOc2ccccc2)[C@H]1C. The lowest BCUT2D eigenvalue weighted by Gasteiger charge is -2.25. The van der Waals surface area contributed by atoms with E-state index in [-0.39, 0.29) is 29.0 Å². The molecule has 0 saturated heterocycles. The van der Waals surface area contributed by atoms with Crippen LogP contribution in [0.4, 0.5) is 0 Å². The van der Waals surface area contributed by atoms with Gasteiger partial charge in [0, 0.05) is 43.0 Å². The van der Waals surface area contributed by atoms with Crippen LogP contribution in [0.2, 0.25) is 0 Å². The third-order valence-electron chi connectivity index (χ3n) is 3.66. The molecule has 22 heavy (non-hydrogen) atoms. The van der Waals surface area contributed by atoms with Gasteiger partial charge in [-0.15, -0.1) is 4.33 Å². The number of Topliss-reactive ketones (excluding diaryl/α,β-unsaturated/α-hetero) is 1. The van der Waals surface area contributed by atoms with Crippen molar-refractivity contribution in [2.75, 3.05) is 0 Å². The Kier molecular flexibility index (Phi) is 6.27. The number of hydrogen-bond acceptors (Lipinski definition) is 6. The summed E-state index contributed by atoms with van der Waals surface area (Å²) in [4.78, 5) is 28.2. The summed E-state index contributed by atoms with van der Waals surface area (Å²) >= 11 is 1.11. The largest absolute Gasteiger partial charge is 0.462 e. The van der Waals surface area contributed by atoms with Crippen LogP contribution in [-0.4, -0.2) is 23.1 Å². The van der Waals surface area contributed by atoms with Gasteiger partial charge in [0.2, 0.25) is 0 Å². The van der Waals surface area contributed by atoms with Crippen LogP contribution in [0.5, 0.6) is 5.75 Å². The summed E-state index contributed by atoms with van der Waals surface area (Å²) < 4.78 is 10.5. The van der Waals surface area contributed by atoms with Crippen molar-refractivity contribution in [1.29, 1.82) is 0 Å². The van der Waals surface area contributed by atoms with E-state index in [1.165, 1.54) is 6.92 Å². The molecule has 0 spiro atoms. The van der Waals surface area contributed by atoms with Crippen LogP contribution in [0.1, 0.15) is 33.1 Å². The topological polar surface area (TPSA) is 61.8 Å². The second kappa shape index (κ2) is 8.19. The van der Waals surface area contributed by atoms with E-state index in [1.54, 1.807) is 12.1 Å². The number of rotatable bonds is 5. The summed E-state index contributed by atoms with van der Waals surface area (Å²) in [6, 6.07) is 9.14. The molecule has 0 heterocycles. The van der Waals surface area contributed by atoms with Gasteiger partial charge in [-0.1, -0.05) is 25.1 Å². The van der Waals surface area contributed by atoms with E-state index in [0.29, 0.717) is 25.0 Å². The van der Waals surface area contributed by atoms with Crippen LogP contribution in [0.15, 0.2) is 30.3 Å². The number of para-hydroxylation sites is 1. The minimum absolute atomic E-state index is 0.0136. The number of ether oxygens (including phenoxy) is 1. The van der Waals surface area contributed by atoms with Crippen LogP contribution in [0, 0.1) is 5.92 Å². The van der Waals surface area contributed by atoms with Crippen LogP contribution < -0.4 is 4.89 Å². The molecule has 0 bridgehead atoms. The predicted octanol–water partition coefficient (Wildman–Crippen LogP) is 3.33. The van der Waals surface area contributed by atoms with Crippen molar-refractivity contribution >= 4 is 23.8 Å². The van der Waals surface area contributed by atoms with Crippen molar-refractivity contribution in [3.8, 4) is 5.75 Å². The summed E-state index contributed by atoms with van der Waals surface area (Å²) in [5.74, 6) is 0.442. The Morgan fingerprint density at radius 2 is 2.00 bits per heavy atom. The third kappa shape index (κ3) is 5.03. The molecule has 0 radical (unpaired) electrons. The van der Waals surface area contributed by atoms with Gasteiger partial charge in [0.1, 0.15) is 11.9 Å². The number of carbonyl (C=O) groups is 2. The van der Waals surface area contributed by atoms with E-state index >= 15 is 0 Å². The van der Waals surface area contributed by atoms with E-state index in [9.17, 15) is 9.59 Å². The maximum absolute atomic E-state index is 11.9. The normalized spacial score (nSPS) is 25.4. The third-order valence-corrected chi connectivity index (χ3v) is 4.65. The summed E-state index contributed by atoms with van der Waals surface area (Å²) in [7, 11) is 0. The van der Waals surface area contributed by atoms with Crippen LogP contribution in [-0.2, 0) is 18.7 Å². The van der Waals surface area contributed by atoms with Gasteiger partial charge in [-0.25, -0.2) is 0 Å². The highest BCUT2D eigenvalue weighted by atomic mass is 32.2. The van der Waals surface area contributed by atoms with Crippen molar-refractivity contribution in [3.63, 3.8) is 0 Å². The van der Waals surface area contributed by atoms with Crippen molar-refractivity contribution in [3.05, 3.63) is 30.3 Å². The van der Waals surface area contributed by atoms with Crippen molar-refractivity contribution in [2.45, 2.75) is 44.5 Å². The Morgan fingerprint density at radius 3 is 2.68 bits per heavy atom. The standard InChI is InChI=1S/C16H20O5S/c1-11-15(19-12(2)17)9-8-13(18)10-16(11)22-21-20-14-6-4-3-5-7-14/h3-7,11,15-16H,8-10H2,1-2H3/t11-,15-,16+/m0/s1. The van der Waals surface area contributed by atoms with E-state index < -0.39 is 0 Å². The van der Waals surface area contributed by atoms with Crippen LogP contribution in [0.3, 0.4) is 0 Å². The second-order valence-corrected chi connectivity index (χ2v) is 6.32. The Balaban J connectivity index is 1.91. The number of carbonyl (C=O) groups excluding carboxylic acids is 2. The molecule has 1 aliphatic carbocycles. The lowest BCUT2D eigenvalue weighted by molar-refractivity contribution is -0.149. The van der Waals surface area contributed by atoms with Gasteiger partial charge >= 0.3 is 5.97 Å². The maximum atomic E-state index is 11.9. The van der Waals surface area contributed by atoms with Gasteiger partial charge < -0.3 is 9.62 Å². The van der Waals surface area contributed by atoms with Gasteiger partial charge in [0.25, 0.3) is 0 Å². The monoisotopic (exact) mass is 324 g/mol. The quantitative estimate of drug-likeness (QED) is 0.272. The van der Waals surface area contributed by atoms with Gasteiger partial charge in [-0.05, 0) is 18.6 Å². The summed E-state index contributed by atoms with van der Waals surface area (Å²) in [5.41, 5.74) is 0. The van der Waals surface area contributed by atoms with Crippen molar-refractivity contribution in [1.82, 2.24) is 0 Å². The maximum Gasteiger partial charge on any atom is 0.302 e. The number of esters is 1. The molecule has 6 heteroatoms. The molecule has 3 atom stereocenters. The van der Waals surface area contributed by atoms with E-state index in [0.717, 1.165) is 12.0 Å². The highest BCUT2D eigenvalue weighted by Gasteiger charge is 2.34. The van der Waals surface area contributed by atoms with Gasteiger partial charge in [-0.3, -0.25) is 9.59 Å². The minimum atomic E-state index is -0.323. The molecular weight excluding hydrogens is 304 g/mol. The minimum Gasteiger partial charge on any atom is -0.462 e. The van der Waals surface area contributed by atoms with E-state index in [4.69, 9.17) is 14.0 Å². The molecule has 0 aliphatic heterocycles. The number of benzene rings is 1. The fourth-order valence-electron chi connectivity index (χ4n) is 2.40. The van der Waals surface area contributed by atoms with E-state index in [2.05, 4.69) is 0 Å². The molecule has 0 aromatic heterocycles. The summed E-state index contributed by atoms with van der Waals surface area (Å²) in [6.45, 7) is 3.35. The number of hydrogen-bond donors (Lipinski definition) is 0. The average Bonchev–Trinajstić information content (AvgIpc) is 2.62. The lowest BCUT2D eigenvalue weighted by Crippen LogP contribution is -2.30. The highest BCUT2D eigenvalue weighted by Crippen LogP contribution is 2.33. The van der Waals surface area contributed by atoms with Crippen molar-refractivity contribution in [2.24, 2.45) is 5.92 Å². The Hall–Kier alpha value is -1.53. The molecule has 2 rings (SSSR count). The average molecular weight is 324 g/mol. The van der Waals surface area contributed by atoms with Gasteiger partial charge in [-0.2, -0.15) is 0 Å². The fraction of sp³-hybridized carbons (Fsp3) is 0.500. The molecule has 0 amide bonds. The molecule has 1 aliphatic rings. The molecule has 1 aromatic carbocycles. The van der Waals surface area contributed by atoms with Gasteiger partial charge in [0.15, 0.2) is 5.75 Å². The first-order valence-electron chi connectivity index (χ1n) is 7.30. The van der Waals surface area contributed by atoms with Crippen LogP contribution >= 0.6 is 12.0 Å². The van der Waals surface area contributed by atoms with E-state index in [1.807, 2.05) is 25.1 Å². The fourth-order valence-corrected chi connectivity index (χ4v) is 3.23. The molecule has 120 valence electrons. The Bertz CT molecular complexity index is 505. The van der Waals surface area contributed by atoms with Crippen molar-refractivity contribution < 1.29 is 23.5 Å². The second-order valence-electron chi connectivity index (χ2n) is 5.39. The summed E-state index contributed by atoms with van der Waals surface area (Å²) in [6.07, 6.45) is 1.12. The zero-order valence-electron chi connectivity index (χ0n) is 12.7. The first kappa shape index (κ1) is 16.8. The summed E-state index contributed by atoms with van der Waals surface area (Å²) in [5, 5.41) is -0.108.